The Balaban J connectivity index is 1.42. The summed E-state index contributed by atoms with van der Waals surface area (Å²) in [5.41, 5.74) is 0.0587. The fourth-order valence-electron chi connectivity index (χ4n) is 4.53. The van der Waals surface area contributed by atoms with Crippen LogP contribution in [0.5, 0.6) is 5.75 Å². The first-order valence-corrected chi connectivity index (χ1v) is 12.6. The van der Waals surface area contributed by atoms with Crippen LogP contribution in [0.25, 0.3) is 11.0 Å². The van der Waals surface area contributed by atoms with E-state index in [0.29, 0.717) is 11.0 Å². The second-order valence-corrected chi connectivity index (χ2v) is 9.83. The first-order valence-electron chi connectivity index (χ1n) is 12.6. The van der Waals surface area contributed by atoms with E-state index >= 15 is 0 Å². The van der Waals surface area contributed by atoms with Crippen LogP contribution in [-0.4, -0.2) is 75.6 Å². The van der Waals surface area contributed by atoms with Crippen LogP contribution in [0.15, 0.2) is 53.3 Å². The Bertz CT molecular complexity index is 1470. The van der Waals surface area contributed by atoms with Gasteiger partial charge in [0.15, 0.2) is 5.69 Å². The molecule has 1 aliphatic heterocycles. The quantitative estimate of drug-likeness (QED) is 0.479. The molecule has 4 rings (SSSR count). The molecule has 0 radical (unpaired) electrons. The van der Waals surface area contributed by atoms with Crippen molar-refractivity contribution >= 4 is 28.8 Å². The third-order valence-electron chi connectivity index (χ3n) is 6.57. The minimum absolute atomic E-state index is 0.174. The summed E-state index contributed by atoms with van der Waals surface area (Å²) in [6.45, 7) is 5.80. The molecule has 1 saturated heterocycles. The highest BCUT2D eigenvalue weighted by Crippen LogP contribution is 2.24. The number of hydrogen-bond acceptors (Lipinski definition) is 6. The van der Waals surface area contributed by atoms with Crippen LogP contribution in [0, 0.1) is 5.92 Å². The molecule has 3 aromatic rings. The van der Waals surface area contributed by atoms with Crippen molar-refractivity contribution in [3.63, 3.8) is 0 Å². The van der Waals surface area contributed by atoms with Gasteiger partial charge in [0.25, 0.3) is 17.4 Å². The Kier molecular flexibility index (Phi) is 8.12. The Morgan fingerprint density at radius 3 is 2.38 bits per heavy atom. The fraction of sp³-hybridized carbons (Fsp3) is 0.370. The number of nitrogens with one attached hydrogen (secondary N) is 2. The molecule has 0 saturated carbocycles. The van der Waals surface area contributed by atoms with E-state index in [1.54, 1.807) is 45.0 Å². The average Bonchev–Trinajstić information content (AvgIpc) is 2.89. The lowest BCUT2D eigenvalue weighted by Gasteiger charge is -2.41. The van der Waals surface area contributed by atoms with Crippen LogP contribution in [0.3, 0.4) is 0 Å². The summed E-state index contributed by atoms with van der Waals surface area (Å²) >= 11 is 0. The van der Waals surface area contributed by atoms with Crippen LogP contribution in [0.1, 0.15) is 41.6 Å². The smallest absolute Gasteiger partial charge is 0.406 e. The summed E-state index contributed by atoms with van der Waals surface area (Å²) in [6, 6.07) is 10.0. The summed E-state index contributed by atoms with van der Waals surface area (Å²) in [5, 5.41) is 2.65. The lowest BCUT2D eigenvalue weighted by atomic mass is 10.0. The first kappa shape index (κ1) is 28.6. The minimum Gasteiger partial charge on any atom is -0.406 e. The highest BCUT2D eigenvalue weighted by atomic mass is 19.4. The number of carbonyl (C=O) groups excluding carboxylic acids is 3. The molecule has 2 N–H and O–H groups in total. The van der Waals surface area contributed by atoms with E-state index in [9.17, 15) is 32.3 Å². The monoisotopic (exact) mass is 559 g/mol. The number of nitrogens with zero attached hydrogens (tertiary/aromatic N) is 3. The predicted octanol–water partition coefficient (Wildman–Crippen LogP) is 2.95. The van der Waals surface area contributed by atoms with Crippen molar-refractivity contribution in [1.29, 1.82) is 0 Å². The number of fused-ring (bicyclic) bond motifs is 1. The Morgan fingerprint density at radius 2 is 1.75 bits per heavy atom. The van der Waals surface area contributed by atoms with Crippen molar-refractivity contribution in [2.75, 3.05) is 19.6 Å². The van der Waals surface area contributed by atoms with Gasteiger partial charge in [-0.1, -0.05) is 26.0 Å². The van der Waals surface area contributed by atoms with Gasteiger partial charge in [-0.05, 0) is 49.2 Å². The maximum atomic E-state index is 13.4. The molecule has 1 aromatic heterocycles. The molecule has 0 aliphatic carbocycles. The molecule has 2 aromatic carbocycles. The molecular weight excluding hydrogens is 531 g/mol. The van der Waals surface area contributed by atoms with E-state index in [2.05, 4.69) is 20.0 Å². The summed E-state index contributed by atoms with van der Waals surface area (Å²) < 4.78 is 41.1. The molecule has 2 heterocycles. The van der Waals surface area contributed by atoms with Gasteiger partial charge in [0.2, 0.25) is 5.91 Å². The number of H-pyrrole nitrogens is 1. The molecule has 3 amide bonds. The largest absolute Gasteiger partial charge is 0.573 e. The number of amides is 3. The normalized spacial score (nSPS) is 16.6. The van der Waals surface area contributed by atoms with Crippen LogP contribution in [0.2, 0.25) is 0 Å². The number of ether oxygens (including phenoxy) is 1. The van der Waals surface area contributed by atoms with Gasteiger partial charge in [0, 0.05) is 31.2 Å². The number of alkyl halides is 3. The third kappa shape index (κ3) is 6.41. The fourth-order valence-corrected chi connectivity index (χ4v) is 4.53. The van der Waals surface area contributed by atoms with Crippen LogP contribution in [-0.2, 0) is 4.79 Å². The van der Waals surface area contributed by atoms with Gasteiger partial charge in [0.05, 0.1) is 11.0 Å². The molecule has 212 valence electrons. The summed E-state index contributed by atoms with van der Waals surface area (Å²) in [4.78, 5) is 61.8. The zero-order valence-electron chi connectivity index (χ0n) is 22.0. The number of benzene rings is 2. The lowest BCUT2D eigenvalue weighted by molar-refractivity contribution is -0.274. The standard InChI is InChI=1S/C27H28F3N5O5/c1-15(2)21(33-24(37)22-23(36)32-20-7-5-4-6-19(20)31-22)26(39)34-12-13-35(16(3)14-34)25(38)17-8-10-18(11-9-17)40-27(28,29)30/h4-11,15-16,21H,12-14H2,1-3H3,(H,32,36)(H,33,37)/t16-,21-/m0/s1. The zero-order valence-corrected chi connectivity index (χ0v) is 22.0. The first-order chi connectivity index (χ1) is 18.8. The maximum Gasteiger partial charge on any atom is 0.573 e. The highest BCUT2D eigenvalue weighted by Gasteiger charge is 2.36. The molecule has 0 unspecified atom stereocenters. The minimum atomic E-state index is -4.84. The molecule has 0 bridgehead atoms. The van der Waals surface area contributed by atoms with E-state index in [1.807, 2.05) is 0 Å². The second kappa shape index (κ2) is 11.4. The second-order valence-electron chi connectivity index (χ2n) is 9.83. The van der Waals surface area contributed by atoms with Crippen molar-refractivity contribution in [3.8, 4) is 5.75 Å². The van der Waals surface area contributed by atoms with Crippen molar-refractivity contribution in [2.24, 2.45) is 5.92 Å². The molecule has 0 spiro atoms. The molecule has 10 nitrogen and oxygen atoms in total. The molecular formula is C27H28F3N5O5. The molecule has 1 aliphatic rings. The Labute approximate surface area is 227 Å². The Hall–Kier alpha value is -4.42. The number of carbonyl (C=O) groups is 3. The van der Waals surface area contributed by atoms with Gasteiger partial charge in [-0.25, -0.2) is 4.98 Å². The molecule has 40 heavy (non-hydrogen) atoms. The third-order valence-corrected chi connectivity index (χ3v) is 6.57. The number of para-hydroxylation sites is 2. The van der Waals surface area contributed by atoms with Gasteiger partial charge in [-0.3, -0.25) is 19.2 Å². The van der Waals surface area contributed by atoms with Crippen molar-refractivity contribution in [1.82, 2.24) is 25.1 Å². The molecule has 13 heteroatoms. The van der Waals surface area contributed by atoms with E-state index < -0.39 is 41.6 Å². The SMILES string of the molecule is CC(C)[C@H](NC(=O)c1nc2ccccc2[nH]c1=O)C(=O)N1CCN(C(=O)c2ccc(OC(F)(F)F)cc2)[C@@H](C)C1. The average molecular weight is 560 g/mol. The number of aromatic nitrogens is 2. The zero-order chi connectivity index (χ0) is 29.2. The van der Waals surface area contributed by atoms with Crippen LogP contribution in [0.4, 0.5) is 13.2 Å². The van der Waals surface area contributed by atoms with E-state index in [1.165, 1.54) is 21.9 Å². The maximum absolute atomic E-state index is 13.4. The molecule has 1 fully saturated rings. The lowest BCUT2D eigenvalue weighted by Crippen LogP contribution is -2.60. The number of hydrogen-bond donors (Lipinski definition) is 2. The van der Waals surface area contributed by atoms with Crippen LogP contribution < -0.4 is 15.6 Å². The summed E-state index contributed by atoms with van der Waals surface area (Å²) in [6.07, 6.45) is -4.84. The summed E-state index contributed by atoms with van der Waals surface area (Å²) in [5.74, 6) is -2.29. The van der Waals surface area contributed by atoms with E-state index in [4.69, 9.17) is 0 Å². The number of piperazine rings is 1. The number of halogens is 3. The Morgan fingerprint density at radius 1 is 1.07 bits per heavy atom. The molecule has 2 atom stereocenters. The van der Waals surface area contributed by atoms with E-state index in [0.717, 1.165) is 12.1 Å². The van der Waals surface area contributed by atoms with Crippen LogP contribution >= 0.6 is 0 Å². The van der Waals surface area contributed by atoms with Gasteiger partial charge < -0.3 is 24.8 Å². The number of rotatable bonds is 6. The van der Waals surface area contributed by atoms with Crippen molar-refractivity contribution < 1.29 is 32.3 Å². The topological polar surface area (TPSA) is 125 Å². The predicted molar refractivity (Wildman–Crippen MR) is 139 cm³/mol. The van der Waals surface area contributed by atoms with Gasteiger partial charge in [0.1, 0.15) is 11.8 Å². The van der Waals surface area contributed by atoms with Gasteiger partial charge in [-0.15, -0.1) is 13.2 Å². The summed E-state index contributed by atoms with van der Waals surface area (Å²) in [7, 11) is 0. The number of aromatic amines is 1. The van der Waals surface area contributed by atoms with Gasteiger partial charge >= 0.3 is 6.36 Å². The van der Waals surface area contributed by atoms with Gasteiger partial charge in [-0.2, -0.15) is 0 Å². The highest BCUT2D eigenvalue weighted by molar-refractivity contribution is 5.97. The van der Waals surface area contributed by atoms with Crippen molar-refractivity contribution in [2.45, 2.75) is 39.2 Å². The van der Waals surface area contributed by atoms with E-state index in [-0.39, 0.29) is 42.7 Å². The van der Waals surface area contributed by atoms with Crippen molar-refractivity contribution in [3.05, 3.63) is 70.1 Å².